The molecular formula is C23H28FN5. The summed E-state index contributed by atoms with van der Waals surface area (Å²) in [6, 6.07) is 6.15. The van der Waals surface area contributed by atoms with Gasteiger partial charge in [0.15, 0.2) is 11.6 Å². The molecule has 29 heavy (non-hydrogen) atoms. The highest BCUT2D eigenvalue weighted by molar-refractivity contribution is 5.56. The summed E-state index contributed by atoms with van der Waals surface area (Å²) in [7, 11) is 0. The van der Waals surface area contributed by atoms with E-state index < -0.39 is 5.82 Å². The largest absolute Gasteiger partial charge is 0.324 e. The molecule has 0 saturated carbocycles. The van der Waals surface area contributed by atoms with Crippen LogP contribution in [0.4, 0.5) is 16.0 Å². The molecular weight excluding hydrogens is 365 g/mol. The Balaban J connectivity index is 1.58. The van der Waals surface area contributed by atoms with Crippen molar-refractivity contribution in [3.05, 3.63) is 64.9 Å². The summed E-state index contributed by atoms with van der Waals surface area (Å²) in [5, 5.41) is 3.20. The molecule has 0 atom stereocenters. The molecule has 6 heteroatoms. The van der Waals surface area contributed by atoms with E-state index in [4.69, 9.17) is 0 Å². The second-order valence-electron chi connectivity index (χ2n) is 8.08. The molecule has 0 radical (unpaired) electrons. The molecule has 2 aromatic heterocycles. The zero-order chi connectivity index (χ0) is 20.4. The lowest BCUT2D eigenvalue weighted by Crippen LogP contribution is -2.29. The van der Waals surface area contributed by atoms with Crippen molar-refractivity contribution in [2.24, 2.45) is 0 Å². The minimum Gasteiger partial charge on any atom is -0.324 e. The zero-order valence-electron chi connectivity index (χ0n) is 17.4. The lowest BCUT2D eigenvalue weighted by Gasteiger charge is -2.26. The van der Waals surface area contributed by atoms with Crippen molar-refractivity contribution in [3.8, 4) is 5.82 Å². The molecule has 0 bridgehead atoms. The third-order valence-corrected chi connectivity index (χ3v) is 5.42. The van der Waals surface area contributed by atoms with Gasteiger partial charge in [0.05, 0.1) is 6.20 Å². The van der Waals surface area contributed by atoms with Gasteiger partial charge < -0.3 is 9.88 Å². The number of nitrogens with one attached hydrogen (secondary N) is 1. The number of rotatable bonds is 5. The molecule has 1 aromatic carbocycles. The predicted octanol–water partition coefficient (Wildman–Crippen LogP) is 5.06. The molecule has 1 aliphatic rings. The fourth-order valence-electron chi connectivity index (χ4n) is 4.02. The first-order valence-corrected chi connectivity index (χ1v) is 10.3. The maximum Gasteiger partial charge on any atom is 0.229 e. The van der Waals surface area contributed by atoms with Crippen LogP contribution in [0.15, 0.2) is 36.8 Å². The Morgan fingerprint density at radius 1 is 1.00 bits per heavy atom. The summed E-state index contributed by atoms with van der Waals surface area (Å²) in [6.07, 6.45) is 9.01. The van der Waals surface area contributed by atoms with Crippen LogP contribution in [-0.4, -0.2) is 32.5 Å². The summed E-state index contributed by atoms with van der Waals surface area (Å²) in [5.74, 6) is 0.214. The van der Waals surface area contributed by atoms with Crippen molar-refractivity contribution < 1.29 is 4.39 Å². The molecule has 1 saturated heterocycles. The van der Waals surface area contributed by atoms with Gasteiger partial charge >= 0.3 is 0 Å². The van der Waals surface area contributed by atoms with Crippen molar-refractivity contribution >= 4 is 11.6 Å². The Kier molecular flexibility index (Phi) is 5.62. The SMILES string of the molecule is Cc1cc(C)cc(Nc2ncc(F)c(-n3cc(C)c(CN4CCCCC4)c3)n2)c1. The number of halogens is 1. The summed E-state index contributed by atoms with van der Waals surface area (Å²) in [5.41, 5.74) is 5.57. The molecule has 1 fully saturated rings. The van der Waals surface area contributed by atoms with E-state index in [2.05, 4.69) is 33.2 Å². The molecule has 0 spiro atoms. The van der Waals surface area contributed by atoms with Gasteiger partial charge in [-0.3, -0.25) is 4.90 Å². The number of piperidine rings is 1. The molecule has 5 nitrogen and oxygen atoms in total. The van der Waals surface area contributed by atoms with E-state index in [9.17, 15) is 4.39 Å². The van der Waals surface area contributed by atoms with Crippen LogP contribution in [-0.2, 0) is 6.54 Å². The van der Waals surface area contributed by atoms with E-state index >= 15 is 0 Å². The van der Waals surface area contributed by atoms with Crippen LogP contribution >= 0.6 is 0 Å². The Hall–Kier alpha value is -2.73. The van der Waals surface area contributed by atoms with Gasteiger partial charge in [-0.05, 0) is 81.1 Å². The summed E-state index contributed by atoms with van der Waals surface area (Å²) in [4.78, 5) is 11.0. The minimum absolute atomic E-state index is 0.264. The molecule has 4 rings (SSSR count). The zero-order valence-corrected chi connectivity index (χ0v) is 17.4. The van der Waals surface area contributed by atoms with Gasteiger partial charge in [0.2, 0.25) is 5.95 Å². The molecule has 3 aromatic rings. The number of benzene rings is 1. The number of aryl methyl sites for hydroxylation is 3. The smallest absolute Gasteiger partial charge is 0.229 e. The van der Waals surface area contributed by atoms with Gasteiger partial charge in [-0.25, -0.2) is 9.37 Å². The normalized spacial score (nSPS) is 14.9. The highest BCUT2D eigenvalue weighted by atomic mass is 19.1. The monoisotopic (exact) mass is 393 g/mol. The molecule has 0 unspecified atom stereocenters. The second kappa shape index (κ2) is 8.33. The first-order valence-electron chi connectivity index (χ1n) is 10.3. The Morgan fingerprint density at radius 3 is 2.45 bits per heavy atom. The third-order valence-electron chi connectivity index (χ3n) is 5.42. The molecule has 0 amide bonds. The average Bonchev–Trinajstić information content (AvgIpc) is 3.03. The highest BCUT2D eigenvalue weighted by Gasteiger charge is 2.15. The van der Waals surface area contributed by atoms with Crippen molar-refractivity contribution in [1.82, 2.24) is 19.4 Å². The van der Waals surface area contributed by atoms with Gasteiger partial charge in [0.25, 0.3) is 0 Å². The van der Waals surface area contributed by atoms with Gasteiger partial charge in [-0.15, -0.1) is 0 Å². The van der Waals surface area contributed by atoms with Gasteiger partial charge in [0.1, 0.15) is 0 Å². The lowest BCUT2D eigenvalue weighted by atomic mass is 10.1. The van der Waals surface area contributed by atoms with Crippen molar-refractivity contribution in [3.63, 3.8) is 0 Å². The highest BCUT2D eigenvalue weighted by Crippen LogP contribution is 2.22. The maximum absolute atomic E-state index is 14.5. The predicted molar refractivity (Wildman–Crippen MR) is 114 cm³/mol. The molecule has 152 valence electrons. The summed E-state index contributed by atoms with van der Waals surface area (Å²) in [6.45, 7) is 9.33. The summed E-state index contributed by atoms with van der Waals surface area (Å²) >= 11 is 0. The van der Waals surface area contributed by atoms with Gasteiger partial charge in [-0.2, -0.15) is 4.98 Å². The Morgan fingerprint density at radius 2 is 1.72 bits per heavy atom. The van der Waals surface area contributed by atoms with Crippen molar-refractivity contribution in [2.45, 2.75) is 46.6 Å². The standard InChI is InChI=1S/C23H28FN5/c1-16-9-17(2)11-20(10-16)26-23-25-12-21(24)22(27-23)29-13-18(3)19(15-29)14-28-7-5-4-6-8-28/h9-13,15H,4-8,14H2,1-3H3,(H,25,26,27). The van der Waals surface area contributed by atoms with Crippen LogP contribution in [0.3, 0.4) is 0 Å². The molecule has 3 heterocycles. The Bertz CT molecular complexity index is 984. The average molecular weight is 394 g/mol. The topological polar surface area (TPSA) is 46.0 Å². The van der Waals surface area contributed by atoms with Gasteiger partial charge in [0, 0.05) is 24.6 Å². The van der Waals surface area contributed by atoms with E-state index in [1.54, 1.807) is 4.57 Å². The minimum atomic E-state index is -0.435. The first kappa shape index (κ1) is 19.6. The van der Waals surface area contributed by atoms with Crippen molar-refractivity contribution in [2.75, 3.05) is 18.4 Å². The van der Waals surface area contributed by atoms with E-state index in [0.29, 0.717) is 5.95 Å². The van der Waals surface area contributed by atoms with E-state index in [-0.39, 0.29) is 5.82 Å². The van der Waals surface area contributed by atoms with E-state index in [0.717, 1.165) is 42.0 Å². The van der Waals surface area contributed by atoms with Crippen molar-refractivity contribution in [1.29, 1.82) is 0 Å². The molecule has 1 aliphatic heterocycles. The maximum atomic E-state index is 14.5. The van der Waals surface area contributed by atoms with Crippen LogP contribution in [0, 0.1) is 26.6 Å². The summed E-state index contributed by atoms with van der Waals surface area (Å²) < 4.78 is 16.3. The fraction of sp³-hybridized carbons (Fsp3) is 0.391. The Labute approximate surface area is 171 Å². The molecule has 0 aliphatic carbocycles. The third kappa shape index (κ3) is 4.65. The quantitative estimate of drug-likeness (QED) is 0.658. The number of anilines is 2. The number of hydrogen-bond donors (Lipinski definition) is 1. The number of nitrogens with zero attached hydrogens (tertiary/aromatic N) is 4. The van der Waals surface area contributed by atoms with Crippen LogP contribution in [0.2, 0.25) is 0 Å². The van der Waals surface area contributed by atoms with Crippen LogP contribution in [0.25, 0.3) is 5.82 Å². The van der Waals surface area contributed by atoms with Crippen LogP contribution < -0.4 is 5.32 Å². The fourth-order valence-corrected chi connectivity index (χ4v) is 4.02. The number of aromatic nitrogens is 3. The lowest BCUT2D eigenvalue weighted by molar-refractivity contribution is 0.220. The molecule has 1 N–H and O–H groups in total. The van der Waals surface area contributed by atoms with Crippen LogP contribution in [0.5, 0.6) is 0 Å². The van der Waals surface area contributed by atoms with E-state index in [1.807, 2.05) is 38.4 Å². The number of hydrogen-bond acceptors (Lipinski definition) is 4. The first-order chi connectivity index (χ1) is 14.0. The van der Waals surface area contributed by atoms with Gasteiger partial charge in [-0.1, -0.05) is 12.5 Å². The van der Waals surface area contributed by atoms with E-state index in [1.165, 1.54) is 31.0 Å². The second-order valence-corrected chi connectivity index (χ2v) is 8.08. The number of likely N-dealkylation sites (tertiary alicyclic amines) is 1. The van der Waals surface area contributed by atoms with Crippen LogP contribution in [0.1, 0.15) is 41.5 Å².